The predicted molar refractivity (Wildman–Crippen MR) is 83.8 cm³/mol. The van der Waals surface area contributed by atoms with Crippen LogP contribution in [0.25, 0.3) is 0 Å². The van der Waals surface area contributed by atoms with E-state index in [-0.39, 0.29) is 24.0 Å². The summed E-state index contributed by atoms with van der Waals surface area (Å²) in [5.41, 5.74) is 7.46. The maximum atomic E-state index is 13.1. The number of nitrogen functional groups attached to an aromatic ring is 1. The van der Waals surface area contributed by atoms with E-state index in [4.69, 9.17) is 10.5 Å². The number of rotatable bonds is 4. The fourth-order valence-electron chi connectivity index (χ4n) is 1.77. The number of hydrogen-bond acceptors (Lipinski definition) is 3. The van der Waals surface area contributed by atoms with Crippen molar-refractivity contribution in [3.05, 3.63) is 52.3 Å². The lowest BCUT2D eigenvalue weighted by Crippen LogP contribution is -2.21. The molecule has 0 saturated heterocycles. The molecule has 6 heteroatoms. The SMILES string of the molecule is Cc1ccccc1NC(=O)COc1c(N)cc(F)cc1Br. The molecule has 4 nitrogen and oxygen atoms in total. The molecule has 0 bridgehead atoms. The van der Waals surface area contributed by atoms with Crippen LogP contribution >= 0.6 is 15.9 Å². The van der Waals surface area contributed by atoms with Gasteiger partial charge in [-0.05, 0) is 40.5 Å². The third kappa shape index (κ3) is 3.95. The highest BCUT2D eigenvalue weighted by molar-refractivity contribution is 9.10. The number of halogens is 2. The summed E-state index contributed by atoms with van der Waals surface area (Å²) in [4.78, 5) is 11.9. The lowest BCUT2D eigenvalue weighted by molar-refractivity contribution is -0.118. The second-order valence-corrected chi connectivity index (χ2v) is 5.31. The Morgan fingerprint density at radius 2 is 2.10 bits per heavy atom. The maximum absolute atomic E-state index is 13.1. The zero-order valence-electron chi connectivity index (χ0n) is 11.3. The topological polar surface area (TPSA) is 64.3 Å². The average Bonchev–Trinajstić information content (AvgIpc) is 2.40. The van der Waals surface area contributed by atoms with Crippen LogP contribution in [0.5, 0.6) is 5.75 Å². The lowest BCUT2D eigenvalue weighted by atomic mass is 10.2. The van der Waals surface area contributed by atoms with Gasteiger partial charge in [-0.1, -0.05) is 18.2 Å². The van der Waals surface area contributed by atoms with Crippen molar-refractivity contribution in [1.82, 2.24) is 0 Å². The Kier molecular flexibility index (Phi) is 4.80. The van der Waals surface area contributed by atoms with Crippen molar-refractivity contribution in [2.45, 2.75) is 6.92 Å². The first-order valence-corrected chi connectivity index (χ1v) is 6.99. The van der Waals surface area contributed by atoms with Crippen LogP contribution in [0.1, 0.15) is 5.56 Å². The first-order valence-electron chi connectivity index (χ1n) is 6.20. The summed E-state index contributed by atoms with van der Waals surface area (Å²) in [6.07, 6.45) is 0. The van der Waals surface area contributed by atoms with Crippen molar-refractivity contribution in [2.75, 3.05) is 17.7 Å². The summed E-state index contributed by atoms with van der Waals surface area (Å²) in [5.74, 6) is -0.549. The third-order valence-corrected chi connectivity index (χ3v) is 3.39. The Balaban J connectivity index is 2.01. The number of nitrogens with one attached hydrogen (secondary N) is 1. The summed E-state index contributed by atoms with van der Waals surface area (Å²) in [6, 6.07) is 9.78. The zero-order chi connectivity index (χ0) is 15.4. The average molecular weight is 353 g/mol. The molecule has 0 aromatic heterocycles. The molecule has 2 aromatic carbocycles. The number of amides is 1. The second kappa shape index (κ2) is 6.58. The van der Waals surface area contributed by atoms with Crippen LogP contribution in [-0.4, -0.2) is 12.5 Å². The number of nitrogens with two attached hydrogens (primary N) is 1. The molecule has 110 valence electrons. The van der Waals surface area contributed by atoms with Crippen molar-refractivity contribution >= 4 is 33.2 Å². The standard InChI is InChI=1S/C15H14BrFN2O2/c1-9-4-2-3-5-13(9)19-14(20)8-21-15-11(16)6-10(17)7-12(15)18/h2-7H,8,18H2,1H3,(H,19,20). The van der Waals surface area contributed by atoms with Gasteiger partial charge in [0, 0.05) is 11.8 Å². The minimum absolute atomic E-state index is 0.130. The molecule has 21 heavy (non-hydrogen) atoms. The molecule has 0 fully saturated rings. The van der Waals surface area contributed by atoms with Crippen molar-refractivity contribution in [2.24, 2.45) is 0 Å². The van der Waals surface area contributed by atoms with Crippen LogP contribution < -0.4 is 15.8 Å². The molecule has 0 radical (unpaired) electrons. The van der Waals surface area contributed by atoms with Crippen LogP contribution in [0.2, 0.25) is 0 Å². The van der Waals surface area contributed by atoms with Gasteiger partial charge < -0.3 is 15.8 Å². The van der Waals surface area contributed by atoms with Crippen molar-refractivity contribution in [3.8, 4) is 5.75 Å². The Morgan fingerprint density at radius 3 is 2.76 bits per heavy atom. The van der Waals surface area contributed by atoms with Gasteiger partial charge in [-0.3, -0.25) is 4.79 Å². The van der Waals surface area contributed by atoms with E-state index in [0.29, 0.717) is 4.47 Å². The molecule has 0 aliphatic heterocycles. The van der Waals surface area contributed by atoms with Gasteiger partial charge in [0.25, 0.3) is 5.91 Å². The van der Waals surface area contributed by atoms with Crippen molar-refractivity contribution in [1.29, 1.82) is 0 Å². The zero-order valence-corrected chi connectivity index (χ0v) is 12.9. The van der Waals surface area contributed by atoms with Gasteiger partial charge in [-0.15, -0.1) is 0 Å². The van der Waals surface area contributed by atoms with E-state index in [1.165, 1.54) is 6.07 Å². The summed E-state index contributed by atoms with van der Waals surface area (Å²) in [5, 5.41) is 2.74. The molecule has 0 aliphatic carbocycles. The molecule has 0 spiro atoms. The van der Waals surface area contributed by atoms with Gasteiger partial charge in [-0.25, -0.2) is 4.39 Å². The van der Waals surface area contributed by atoms with Gasteiger partial charge in [-0.2, -0.15) is 0 Å². The molecule has 0 aliphatic rings. The Bertz CT molecular complexity index is 653. The molecule has 0 heterocycles. The minimum atomic E-state index is -0.476. The molecule has 1 amide bonds. The normalized spacial score (nSPS) is 10.2. The van der Waals surface area contributed by atoms with Crippen molar-refractivity contribution < 1.29 is 13.9 Å². The van der Waals surface area contributed by atoms with Crippen LogP contribution in [-0.2, 0) is 4.79 Å². The Labute approximate surface area is 130 Å². The molecule has 3 N–H and O–H groups in total. The van der Waals surface area contributed by atoms with Crippen LogP contribution in [0.15, 0.2) is 40.9 Å². The fourth-order valence-corrected chi connectivity index (χ4v) is 2.33. The Hall–Kier alpha value is -2.08. The molecule has 2 aromatic rings. The molecule has 0 atom stereocenters. The van der Waals surface area contributed by atoms with E-state index in [1.807, 2.05) is 25.1 Å². The summed E-state index contributed by atoms with van der Waals surface area (Å²) < 4.78 is 18.8. The largest absolute Gasteiger partial charge is 0.480 e. The molecule has 0 unspecified atom stereocenters. The molecule has 0 saturated carbocycles. The fraction of sp³-hybridized carbons (Fsp3) is 0.133. The molecule has 2 rings (SSSR count). The van der Waals surface area contributed by atoms with E-state index >= 15 is 0 Å². The molecular weight excluding hydrogens is 339 g/mol. The number of hydrogen-bond donors (Lipinski definition) is 2. The first kappa shape index (κ1) is 15.3. The highest BCUT2D eigenvalue weighted by atomic mass is 79.9. The van der Waals surface area contributed by atoms with Gasteiger partial charge >= 0.3 is 0 Å². The van der Waals surface area contributed by atoms with E-state index in [1.54, 1.807) is 6.07 Å². The van der Waals surface area contributed by atoms with E-state index in [0.717, 1.165) is 17.3 Å². The van der Waals surface area contributed by atoms with Gasteiger partial charge in [0.05, 0.1) is 10.2 Å². The lowest BCUT2D eigenvalue weighted by Gasteiger charge is -2.12. The Morgan fingerprint density at radius 1 is 1.38 bits per heavy atom. The first-order chi connectivity index (χ1) is 9.97. The summed E-state index contributed by atoms with van der Waals surface area (Å²) in [6.45, 7) is 1.67. The number of ether oxygens (including phenoxy) is 1. The van der Waals surface area contributed by atoms with Crippen molar-refractivity contribution in [3.63, 3.8) is 0 Å². The third-order valence-electron chi connectivity index (χ3n) is 2.80. The van der Waals surface area contributed by atoms with Gasteiger partial charge in [0.15, 0.2) is 12.4 Å². The van der Waals surface area contributed by atoms with Crippen LogP contribution in [0.4, 0.5) is 15.8 Å². The van der Waals surface area contributed by atoms with Crippen LogP contribution in [0, 0.1) is 12.7 Å². The highest BCUT2D eigenvalue weighted by Crippen LogP contribution is 2.32. The number of benzene rings is 2. The highest BCUT2D eigenvalue weighted by Gasteiger charge is 2.11. The minimum Gasteiger partial charge on any atom is -0.480 e. The number of carbonyl (C=O) groups is 1. The van der Waals surface area contributed by atoms with Gasteiger partial charge in [0.2, 0.25) is 0 Å². The number of para-hydroxylation sites is 1. The summed E-state index contributed by atoms with van der Waals surface area (Å²) >= 11 is 3.15. The number of aryl methyl sites for hydroxylation is 1. The second-order valence-electron chi connectivity index (χ2n) is 4.46. The van der Waals surface area contributed by atoms with E-state index in [9.17, 15) is 9.18 Å². The smallest absolute Gasteiger partial charge is 0.262 e. The summed E-state index contributed by atoms with van der Waals surface area (Å²) in [7, 11) is 0. The predicted octanol–water partition coefficient (Wildman–Crippen LogP) is 3.50. The van der Waals surface area contributed by atoms with E-state index in [2.05, 4.69) is 21.2 Å². The van der Waals surface area contributed by atoms with Gasteiger partial charge in [0.1, 0.15) is 5.82 Å². The monoisotopic (exact) mass is 352 g/mol. The van der Waals surface area contributed by atoms with Crippen LogP contribution in [0.3, 0.4) is 0 Å². The quantitative estimate of drug-likeness (QED) is 0.827. The molecular formula is C15H14BrFN2O2. The maximum Gasteiger partial charge on any atom is 0.262 e. The van der Waals surface area contributed by atoms with E-state index < -0.39 is 5.82 Å². The number of anilines is 2. The number of carbonyl (C=O) groups excluding carboxylic acids is 1.